The number of amides is 1. The lowest BCUT2D eigenvalue weighted by Crippen LogP contribution is -2.50. The SMILES string of the molecule is CCn1cnnc1CCNC(=O)[C@@H]1Cc2ccccc2S(=O)(=O)N1. The highest BCUT2D eigenvalue weighted by atomic mass is 32.2. The minimum absolute atomic E-state index is 0.241. The third-order valence-electron chi connectivity index (χ3n) is 3.98. The highest BCUT2D eigenvalue weighted by Gasteiger charge is 2.32. The molecule has 1 aromatic carbocycles. The summed E-state index contributed by atoms with van der Waals surface area (Å²) in [6.45, 7) is 3.12. The molecule has 9 heteroatoms. The summed E-state index contributed by atoms with van der Waals surface area (Å²) in [4.78, 5) is 12.5. The quantitative estimate of drug-likeness (QED) is 0.781. The second-order valence-corrected chi connectivity index (χ2v) is 7.24. The second-order valence-electron chi connectivity index (χ2n) is 5.56. The summed E-state index contributed by atoms with van der Waals surface area (Å²) in [7, 11) is -3.65. The molecule has 1 aromatic heterocycles. The minimum atomic E-state index is -3.65. The van der Waals surface area contributed by atoms with E-state index in [4.69, 9.17) is 0 Å². The Bertz CT molecular complexity index is 846. The number of carbonyl (C=O) groups excluding carboxylic acids is 1. The van der Waals surface area contributed by atoms with Crippen LogP contribution in [0, 0.1) is 0 Å². The minimum Gasteiger partial charge on any atom is -0.354 e. The van der Waals surface area contributed by atoms with Crippen molar-refractivity contribution in [2.75, 3.05) is 6.54 Å². The average Bonchev–Trinajstić information content (AvgIpc) is 3.01. The van der Waals surface area contributed by atoms with Gasteiger partial charge in [-0.1, -0.05) is 18.2 Å². The Hall–Kier alpha value is -2.26. The van der Waals surface area contributed by atoms with Crippen LogP contribution in [-0.4, -0.2) is 41.7 Å². The summed E-state index contributed by atoms with van der Waals surface area (Å²) in [6, 6.07) is 5.92. The van der Waals surface area contributed by atoms with E-state index >= 15 is 0 Å². The summed E-state index contributed by atoms with van der Waals surface area (Å²) in [5, 5.41) is 10.6. The number of rotatable bonds is 5. The fourth-order valence-electron chi connectivity index (χ4n) is 2.75. The zero-order valence-corrected chi connectivity index (χ0v) is 14.1. The number of hydrogen-bond donors (Lipinski definition) is 2. The standard InChI is InChI=1S/C15H19N5O3S/c1-2-20-10-17-18-14(20)7-8-16-15(21)12-9-11-5-3-4-6-13(11)24(22,23)19-12/h3-6,10,12,19H,2,7-9H2,1H3,(H,16,21)/t12-/m0/s1. The van der Waals surface area contributed by atoms with Gasteiger partial charge in [-0.3, -0.25) is 4.79 Å². The zero-order valence-electron chi connectivity index (χ0n) is 13.3. The summed E-state index contributed by atoms with van der Waals surface area (Å²) < 4.78 is 28.8. The predicted molar refractivity (Wildman–Crippen MR) is 86.7 cm³/mol. The molecule has 2 N–H and O–H groups in total. The van der Waals surface area contributed by atoms with Crippen molar-refractivity contribution in [3.05, 3.63) is 42.0 Å². The van der Waals surface area contributed by atoms with E-state index in [1.54, 1.807) is 30.6 Å². The molecule has 0 spiro atoms. The van der Waals surface area contributed by atoms with Gasteiger partial charge in [-0.15, -0.1) is 10.2 Å². The van der Waals surface area contributed by atoms with E-state index in [0.717, 1.165) is 12.4 Å². The first-order chi connectivity index (χ1) is 11.5. The molecule has 1 aliphatic heterocycles. The fourth-order valence-corrected chi connectivity index (χ4v) is 4.20. The highest BCUT2D eigenvalue weighted by Crippen LogP contribution is 2.22. The number of fused-ring (bicyclic) bond motifs is 1. The Kier molecular flexibility index (Phi) is 4.63. The molecule has 0 fully saturated rings. The highest BCUT2D eigenvalue weighted by molar-refractivity contribution is 7.89. The van der Waals surface area contributed by atoms with E-state index in [2.05, 4.69) is 20.2 Å². The lowest BCUT2D eigenvalue weighted by Gasteiger charge is -2.25. The van der Waals surface area contributed by atoms with Gasteiger partial charge in [0.2, 0.25) is 15.9 Å². The molecule has 3 rings (SSSR count). The lowest BCUT2D eigenvalue weighted by atomic mass is 10.1. The summed E-state index contributed by atoms with van der Waals surface area (Å²) in [5.74, 6) is 0.447. The Balaban J connectivity index is 1.62. The van der Waals surface area contributed by atoms with Crippen molar-refractivity contribution in [2.45, 2.75) is 37.2 Å². The molecular weight excluding hydrogens is 330 g/mol. The Labute approximate surface area is 140 Å². The van der Waals surface area contributed by atoms with Crippen LogP contribution in [0.2, 0.25) is 0 Å². The molecule has 0 bridgehead atoms. The third-order valence-corrected chi connectivity index (χ3v) is 5.56. The van der Waals surface area contributed by atoms with Crippen molar-refractivity contribution >= 4 is 15.9 Å². The maximum absolute atomic E-state index is 12.3. The molecule has 1 amide bonds. The molecule has 1 atom stereocenters. The monoisotopic (exact) mass is 349 g/mol. The summed E-state index contributed by atoms with van der Waals surface area (Å²) >= 11 is 0. The largest absolute Gasteiger partial charge is 0.354 e. The van der Waals surface area contributed by atoms with Crippen molar-refractivity contribution in [3.8, 4) is 0 Å². The van der Waals surface area contributed by atoms with Gasteiger partial charge >= 0.3 is 0 Å². The number of nitrogens with one attached hydrogen (secondary N) is 2. The average molecular weight is 349 g/mol. The molecule has 0 saturated heterocycles. The molecule has 128 valence electrons. The summed E-state index contributed by atoms with van der Waals surface area (Å²) in [6.07, 6.45) is 2.52. The molecule has 2 heterocycles. The van der Waals surface area contributed by atoms with E-state index in [1.807, 2.05) is 11.5 Å². The van der Waals surface area contributed by atoms with Gasteiger partial charge < -0.3 is 9.88 Å². The van der Waals surface area contributed by atoms with Gasteiger partial charge in [0, 0.05) is 19.5 Å². The van der Waals surface area contributed by atoms with Crippen LogP contribution in [0.3, 0.4) is 0 Å². The fraction of sp³-hybridized carbons (Fsp3) is 0.400. The van der Waals surface area contributed by atoms with Crippen LogP contribution in [0.5, 0.6) is 0 Å². The van der Waals surface area contributed by atoms with E-state index in [-0.39, 0.29) is 10.8 Å². The first-order valence-corrected chi connectivity index (χ1v) is 9.24. The maximum atomic E-state index is 12.3. The Morgan fingerprint density at radius 2 is 2.21 bits per heavy atom. The number of benzene rings is 1. The van der Waals surface area contributed by atoms with Crippen LogP contribution < -0.4 is 10.0 Å². The maximum Gasteiger partial charge on any atom is 0.241 e. The van der Waals surface area contributed by atoms with E-state index < -0.39 is 16.1 Å². The number of aromatic nitrogens is 3. The number of aryl methyl sites for hydroxylation is 1. The molecule has 2 aromatic rings. The molecule has 0 saturated carbocycles. The molecule has 24 heavy (non-hydrogen) atoms. The van der Waals surface area contributed by atoms with Gasteiger partial charge in [0.1, 0.15) is 18.2 Å². The van der Waals surface area contributed by atoms with Gasteiger partial charge in [0.25, 0.3) is 0 Å². The number of hydrogen-bond acceptors (Lipinski definition) is 5. The zero-order chi connectivity index (χ0) is 17.2. The van der Waals surface area contributed by atoms with Crippen LogP contribution in [0.4, 0.5) is 0 Å². The topological polar surface area (TPSA) is 106 Å². The van der Waals surface area contributed by atoms with Gasteiger partial charge in [0.15, 0.2) is 0 Å². The Morgan fingerprint density at radius 3 is 3.00 bits per heavy atom. The molecule has 0 radical (unpaired) electrons. The van der Waals surface area contributed by atoms with E-state index in [0.29, 0.717) is 24.9 Å². The molecule has 0 aliphatic carbocycles. The van der Waals surface area contributed by atoms with Crippen molar-refractivity contribution in [1.82, 2.24) is 24.8 Å². The second kappa shape index (κ2) is 6.70. The Morgan fingerprint density at radius 1 is 1.42 bits per heavy atom. The van der Waals surface area contributed by atoms with Crippen molar-refractivity contribution in [1.29, 1.82) is 0 Å². The summed E-state index contributed by atoms with van der Waals surface area (Å²) in [5.41, 5.74) is 0.655. The molecule has 1 aliphatic rings. The van der Waals surface area contributed by atoms with Crippen LogP contribution in [0.15, 0.2) is 35.5 Å². The smallest absolute Gasteiger partial charge is 0.241 e. The van der Waals surface area contributed by atoms with Crippen molar-refractivity contribution in [3.63, 3.8) is 0 Å². The van der Waals surface area contributed by atoms with E-state index in [9.17, 15) is 13.2 Å². The lowest BCUT2D eigenvalue weighted by molar-refractivity contribution is -0.122. The van der Waals surface area contributed by atoms with Crippen LogP contribution >= 0.6 is 0 Å². The molecule has 8 nitrogen and oxygen atoms in total. The number of nitrogens with zero attached hydrogens (tertiary/aromatic N) is 3. The van der Waals surface area contributed by atoms with Crippen molar-refractivity contribution in [2.24, 2.45) is 0 Å². The first kappa shape index (κ1) is 16.6. The molecular formula is C15H19N5O3S. The van der Waals surface area contributed by atoms with Crippen molar-refractivity contribution < 1.29 is 13.2 Å². The predicted octanol–water partition coefficient (Wildman–Crippen LogP) is -0.140. The van der Waals surface area contributed by atoms with Crippen LogP contribution in [-0.2, 0) is 34.2 Å². The van der Waals surface area contributed by atoms with Gasteiger partial charge in [-0.05, 0) is 25.0 Å². The van der Waals surface area contributed by atoms with Crippen LogP contribution in [0.1, 0.15) is 18.3 Å². The third kappa shape index (κ3) is 3.31. The van der Waals surface area contributed by atoms with Gasteiger partial charge in [0.05, 0.1) is 4.90 Å². The number of carbonyl (C=O) groups is 1. The van der Waals surface area contributed by atoms with E-state index in [1.165, 1.54) is 0 Å². The van der Waals surface area contributed by atoms with Crippen LogP contribution in [0.25, 0.3) is 0 Å². The first-order valence-electron chi connectivity index (χ1n) is 7.76. The number of sulfonamides is 1. The molecule has 0 unspecified atom stereocenters. The van der Waals surface area contributed by atoms with Gasteiger partial charge in [-0.2, -0.15) is 4.72 Å². The normalized spacial score (nSPS) is 18.8. The van der Waals surface area contributed by atoms with Gasteiger partial charge in [-0.25, -0.2) is 8.42 Å².